The van der Waals surface area contributed by atoms with Crippen molar-refractivity contribution in [2.45, 2.75) is 5.33 Å². The molecule has 2 rings (SSSR count). The molecule has 0 aliphatic rings. The van der Waals surface area contributed by atoms with Crippen LogP contribution in [-0.2, 0) is 5.33 Å². The van der Waals surface area contributed by atoms with Gasteiger partial charge in [-0.25, -0.2) is 4.98 Å². The number of rotatable bonds is 1. The Hall–Kier alpha value is -0.0600. The molecule has 0 bridgehead atoms. The van der Waals surface area contributed by atoms with Crippen molar-refractivity contribution < 1.29 is 0 Å². The predicted molar refractivity (Wildman–Crippen MR) is 63.2 cm³/mol. The topological polar surface area (TPSA) is 17.3 Å². The summed E-state index contributed by atoms with van der Waals surface area (Å²) < 4.78 is 1.86. The molecule has 2 aromatic heterocycles. The van der Waals surface area contributed by atoms with Crippen LogP contribution < -0.4 is 0 Å². The van der Waals surface area contributed by atoms with E-state index in [1.807, 2.05) is 28.8 Å². The maximum Gasteiger partial charge on any atom is 0.138 e. The summed E-state index contributed by atoms with van der Waals surface area (Å²) in [5.41, 5.74) is 1.88. The molecule has 0 aromatic carbocycles. The standard InChI is InChI=1S/C8H6BrClN2.BrH/c9-4-6-5-12-7(10)2-1-3-8(12)11-6;/h1-3,5H,4H2;1H. The molecule has 0 radical (unpaired) electrons. The van der Waals surface area contributed by atoms with Gasteiger partial charge in [0.1, 0.15) is 10.8 Å². The van der Waals surface area contributed by atoms with Crippen LogP contribution in [0, 0.1) is 0 Å². The monoisotopic (exact) mass is 324 g/mol. The first-order valence-corrected chi connectivity index (χ1v) is 4.99. The van der Waals surface area contributed by atoms with Crippen molar-refractivity contribution in [2.24, 2.45) is 0 Å². The molecule has 0 saturated heterocycles. The molecule has 5 heteroatoms. The molecular formula is C8H7Br2ClN2. The highest BCUT2D eigenvalue weighted by molar-refractivity contribution is 9.08. The third-order valence-electron chi connectivity index (χ3n) is 1.63. The molecule has 2 heterocycles. The largest absolute Gasteiger partial charge is 0.290 e. The van der Waals surface area contributed by atoms with Gasteiger partial charge in [-0.15, -0.1) is 17.0 Å². The summed E-state index contributed by atoms with van der Waals surface area (Å²) >= 11 is 9.28. The molecular weight excluding hydrogens is 319 g/mol. The van der Waals surface area contributed by atoms with Crippen molar-refractivity contribution in [1.82, 2.24) is 9.38 Å². The van der Waals surface area contributed by atoms with Crippen LogP contribution in [0.5, 0.6) is 0 Å². The zero-order valence-electron chi connectivity index (χ0n) is 6.58. The van der Waals surface area contributed by atoms with Gasteiger partial charge in [-0.3, -0.25) is 4.40 Å². The summed E-state index contributed by atoms with van der Waals surface area (Å²) in [6.07, 6.45) is 1.92. The second kappa shape index (κ2) is 4.44. The molecule has 0 aliphatic heterocycles. The fourth-order valence-electron chi connectivity index (χ4n) is 1.09. The minimum Gasteiger partial charge on any atom is -0.290 e. The zero-order chi connectivity index (χ0) is 8.55. The lowest BCUT2D eigenvalue weighted by Gasteiger charge is -1.93. The molecule has 13 heavy (non-hydrogen) atoms. The number of hydrogen-bond donors (Lipinski definition) is 0. The van der Waals surface area contributed by atoms with Crippen LogP contribution in [0.3, 0.4) is 0 Å². The number of nitrogens with zero attached hydrogens (tertiary/aromatic N) is 2. The summed E-state index contributed by atoms with van der Waals surface area (Å²) in [6, 6.07) is 5.66. The Balaban J connectivity index is 0.000000845. The molecule has 0 atom stereocenters. The van der Waals surface area contributed by atoms with Crippen LogP contribution in [0.1, 0.15) is 5.69 Å². The van der Waals surface area contributed by atoms with E-state index in [1.165, 1.54) is 0 Å². The van der Waals surface area contributed by atoms with Crippen LogP contribution in [0.4, 0.5) is 0 Å². The van der Waals surface area contributed by atoms with Crippen LogP contribution in [0.15, 0.2) is 24.4 Å². The molecule has 2 aromatic rings. The van der Waals surface area contributed by atoms with Gasteiger partial charge in [0.15, 0.2) is 0 Å². The Morgan fingerprint density at radius 2 is 2.23 bits per heavy atom. The molecule has 0 fully saturated rings. The van der Waals surface area contributed by atoms with Crippen LogP contribution in [0.25, 0.3) is 5.65 Å². The summed E-state index contributed by atoms with van der Waals surface area (Å²) in [6.45, 7) is 0. The van der Waals surface area contributed by atoms with Crippen LogP contribution >= 0.6 is 44.5 Å². The highest BCUT2D eigenvalue weighted by Gasteiger charge is 2.01. The molecule has 0 unspecified atom stereocenters. The summed E-state index contributed by atoms with van der Waals surface area (Å²) in [5, 5.41) is 1.44. The molecule has 0 aliphatic carbocycles. The Kier molecular flexibility index (Phi) is 3.76. The number of aromatic nitrogens is 2. The van der Waals surface area contributed by atoms with E-state index in [2.05, 4.69) is 20.9 Å². The number of fused-ring (bicyclic) bond motifs is 1. The van der Waals surface area contributed by atoms with E-state index in [-0.39, 0.29) is 17.0 Å². The molecule has 0 amide bonds. The first-order chi connectivity index (χ1) is 5.81. The van der Waals surface area contributed by atoms with Crippen LogP contribution in [-0.4, -0.2) is 9.38 Å². The zero-order valence-corrected chi connectivity index (χ0v) is 10.6. The fourth-order valence-corrected chi connectivity index (χ4v) is 1.57. The van der Waals surface area contributed by atoms with Gasteiger partial charge in [-0.05, 0) is 12.1 Å². The third kappa shape index (κ3) is 2.06. The van der Waals surface area contributed by atoms with Crippen molar-refractivity contribution in [3.8, 4) is 0 Å². The SMILES string of the molecule is Br.Clc1cccc2nc(CBr)cn12. The van der Waals surface area contributed by atoms with Crippen LogP contribution in [0.2, 0.25) is 5.15 Å². The van der Waals surface area contributed by atoms with E-state index in [0.717, 1.165) is 16.7 Å². The van der Waals surface area contributed by atoms with Gasteiger partial charge in [0.05, 0.1) is 5.69 Å². The lowest BCUT2D eigenvalue weighted by molar-refractivity contribution is 1.18. The number of hydrogen-bond acceptors (Lipinski definition) is 1. The molecule has 2 nitrogen and oxygen atoms in total. The third-order valence-corrected chi connectivity index (χ3v) is 2.51. The summed E-state index contributed by atoms with van der Waals surface area (Å²) in [4.78, 5) is 4.32. The van der Waals surface area contributed by atoms with Gasteiger partial charge < -0.3 is 0 Å². The van der Waals surface area contributed by atoms with Gasteiger partial charge in [0.25, 0.3) is 0 Å². The van der Waals surface area contributed by atoms with Gasteiger partial charge in [0, 0.05) is 11.5 Å². The van der Waals surface area contributed by atoms with E-state index >= 15 is 0 Å². The Morgan fingerprint density at radius 3 is 2.85 bits per heavy atom. The maximum absolute atomic E-state index is 5.93. The number of alkyl halides is 1. The van der Waals surface area contributed by atoms with E-state index in [1.54, 1.807) is 0 Å². The molecule has 0 spiro atoms. The first-order valence-electron chi connectivity index (χ1n) is 3.50. The lowest BCUT2D eigenvalue weighted by Crippen LogP contribution is -1.82. The van der Waals surface area contributed by atoms with Gasteiger partial charge in [0.2, 0.25) is 0 Å². The van der Waals surface area contributed by atoms with E-state index < -0.39 is 0 Å². The van der Waals surface area contributed by atoms with E-state index in [4.69, 9.17) is 11.6 Å². The molecule has 0 saturated carbocycles. The van der Waals surface area contributed by atoms with E-state index in [9.17, 15) is 0 Å². The van der Waals surface area contributed by atoms with Gasteiger partial charge in [-0.1, -0.05) is 33.6 Å². The molecule has 0 N–H and O–H groups in total. The predicted octanol–water partition coefficient (Wildman–Crippen LogP) is 3.46. The summed E-state index contributed by atoms with van der Waals surface area (Å²) in [7, 11) is 0. The Bertz CT molecular complexity index is 413. The fraction of sp³-hybridized carbons (Fsp3) is 0.125. The Labute approximate surface area is 99.8 Å². The second-order valence-electron chi connectivity index (χ2n) is 2.44. The normalized spacial score (nSPS) is 10.0. The lowest BCUT2D eigenvalue weighted by atomic mass is 10.5. The van der Waals surface area contributed by atoms with Crippen molar-refractivity contribution >= 4 is 50.2 Å². The summed E-state index contributed by atoms with van der Waals surface area (Å²) in [5.74, 6) is 0. The highest BCUT2D eigenvalue weighted by atomic mass is 79.9. The van der Waals surface area contributed by atoms with Gasteiger partial charge >= 0.3 is 0 Å². The smallest absolute Gasteiger partial charge is 0.138 e. The van der Waals surface area contributed by atoms with Gasteiger partial charge in [-0.2, -0.15) is 0 Å². The number of halogens is 3. The first kappa shape index (κ1) is 11.0. The Morgan fingerprint density at radius 1 is 1.46 bits per heavy atom. The van der Waals surface area contributed by atoms with Crippen molar-refractivity contribution in [3.63, 3.8) is 0 Å². The minimum absolute atomic E-state index is 0. The van der Waals surface area contributed by atoms with Crippen molar-refractivity contribution in [3.05, 3.63) is 35.2 Å². The number of imidazole rings is 1. The second-order valence-corrected chi connectivity index (χ2v) is 3.39. The van der Waals surface area contributed by atoms with Crippen molar-refractivity contribution in [1.29, 1.82) is 0 Å². The maximum atomic E-state index is 5.93. The highest BCUT2D eigenvalue weighted by Crippen LogP contribution is 2.14. The molecule has 70 valence electrons. The number of pyridine rings is 1. The average molecular weight is 326 g/mol. The minimum atomic E-state index is 0. The average Bonchev–Trinajstić information content (AvgIpc) is 2.49. The van der Waals surface area contributed by atoms with Crippen molar-refractivity contribution in [2.75, 3.05) is 0 Å². The quantitative estimate of drug-likeness (QED) is 0.579. The van der Waals surface area contributed by atoms with E-state index in [0.29, 0.717) is 5.15 Å².